The highest BCUT2D eigenvalue weighted by Gasteiger charge is 2.33. The van der Waals surface area contributed by atoms with Gasteiger partial charge in [-0.3, -0.25) is 13.9 Å². The first-order valence-corrected chi connectivity index (χ1v) is 14.5. The number of carbonyl (C=O) groups is 2. The fourth-order valence-corrected chi connectivity index (χ4v) is 5.71. The van der Waals surface area contributed by atoms with Gasteiger partial charge in [-0.2, -0.15) is 0 Å². The van der Waals surface area contributed by atoms with E-state index in [-0.39, 0.29) is 33.1 Å². The van der Waals surface area contributed by atoms with Crippen LogP contribution in [0.4, 0.5) is 5.69 Å². The van der Waals surface area contributed by atoms with E-state index in [1.54, 1.807) is 31.2 Å². The molecule has 10 heteroatoms. The normalized spacial score (nSPS) is 12.0. The number of rotatable bonds is 12. The van der Waals surface area contributed by atoms with Crippen LogP contribution in [0.1, 0.15) is 32.3 Å². The average molecular weight is 577 g/mol. The number of nitrogens with zero attached hydrogens (tertiary/aromatic N) is 2. The molecule has 0 saturated carbocycles. The molecule has 0 aromatic heterocycles. The number of benzene rings is 3. The molecule has 0 radical (unpaired) electrons. The summed E-state index contributed by atoms with van der Waals surface area (Å²) >= 11 is 12.6. The monoisotopic (exact) mass is 575 g/mol. The van der Waals surface area contributed by atoms with Crippen LogP contribution >= 0.6 is 23.2 Å². The minimum Gasteiger partial charge on any atom is -0.354 e. The number of halogens is 2. The van der Waals surface area contributed by atoms with Gasteiger partial charge in [0.05, 0.1) is 20.6 Å². The second-order valence-electron chi connectivity index (χ2n) is 8.73. The highest BCUT2D eigenvalue weighted by atomic mass is 35.5. The predicted molar refractivity (Wildman–Crippen MR) is 152 cm³/mol. The molecule has 1 unspecified atom stereocenters. The molecule has 0 aliphatic carbocycles. The molecule has 1 atom stereocenters. The Morgan fingerprint density at radius 2 is 1.55 bits per heavy atom. The second-order valence-corrected chi connectivity index (χ2v) is 11.4. The van der Waals surface area contributed by atoms with Gasteiger partial charge in [0.25, 0.3) is 10.0 Å². The number of carbonyl (C=O) groups excluding carboxylic acids is 2. The minimum atomic E-state index is -4.22. The molecule has 0 bridgehead atoms. The van der Waals surface area contributed by atoms with Crippen molar-refractivity contribution in [3.63, 3.8) is 0 Å². The van der Waals surface area contributed by atoms with E-state index in [4.69, 9.17) is 23.2 Å². The van der Waals surface area contributed by atoms with E-state index in [9.17, 15) is 18.0 Å². The lowest BCUT2D eigenvalue weighted by atomic mass is 10.1. The van der Waals surface area contributed by atoms with Crippen LogP contribution in [0.2, 0.25) is 10.0 Å². The quantitative estimate of drug-likeness (QED) is 0.288. The highest BCUT2D eigenvalue weighted by Crippen LogP contribution is 2.35. The topological polar surface area (TPSA) is 86.8 Å². The van der Waals surface area contributed by atoms with E-state index in [2.05, 4.69) is 5.32 Å². The SMILES string of the molecule is CCCCNC(=O)C(C)N(Cc1ccccc1)C(=O)CN(c1cccc(Cl)c1Cl)S(=O)(=O)c1ccccc1. The van der Waals surface area contributed by atoms with Crippen molar-refractivity contribution in [1.29, 1.82) is 0 Å². The van der Waals surface area contributed by atoms with Crippen LogP contribution in [0.25, 0.3) is 0 Å². The summed E-state index contributed by atoms with van der Waals surface area (Å²) in [7, 11) is -4.22. The van der Waals surface area contributed by atoms with E-state index in [1.165, 1.54) is 29.2 Å². The zero-order valence-corrected chi connectivity index (χ0v) is 23.6. The molecule has 3 aromatic carbocycles. The number of hydrogen-bond acceptors (Lipinski definition) is 4. The van der Waals surface area contributed by atoms with Gasteiger partial charge in [-0.15, -0.1) is 0 Å². The molecule has 0 heterocycles. The molecule has 0 spiro atoms. The first kappa shape index (κ1) is 29.5. The fraction of sp³-hybridized carbons (Fsp3) is 0.286. The molecule has 3 aromatic rings. The number of amides is 2. The second kappa shape index (κ2) is 13.6. The average Bonchev–Trinajstić information content (AvgIpc) is 2.92. The zero-order valence-electron chi connectivity index (χ0n) is 21.3. The van der Waals surface area contributed by atoms with Crippen LogP contribution in [0.3, 0.4) is 0 Å². The molecule has 1 N–H and O–H groups in total. The van der Waals surface area contributed by atoms with Gasteiger partial charge in [0.1, 0.15) is 12.6 Å². The third-order valence-corrected chi connectivity index (χ3v) is 8.59. The lowest BCUT2D eigenvalue weighted by Gasteiger charge is -2.32. The third kappa shape index (κ3) is 7.28. The number of hydrogen-bond donors (Lipinski definition) is 1. The molecule has 3 rings (SSSR count). The summed E-state index contributed by atoms with van der Waals surface area (Å²) in [6.45, 7) is 3.66. The van der Waals surface area contributed by atoms with Gasteiger partial charge in [0, 0.05) is 13.1 Å². The molecule has 38 heavy (non-hydrogen) atoms. The number of sulfonamides is 1. The van der Waals surface area contributed by atoms with Crippen molar-refractivity contribution in [2.24, 2.45) is 0 Å². The summed E-state index contributed by atoms with van der Waals surface area (Å²) in [4.78, 5) is 28.2. The van der Waals surface area contributed by atoms with Crippen LogP contribution in [0.15, 0.2) is 83.8 Å². The van der Waals surface area contributed by atoms with Crippen LogP contribution < -0.4 is 9.62 Å². The first-order chi connectivity index (χ1) is 18.2. The van der Waals surface area contributed by atoms with Crippen molar-refractivity contribution in [3.8, 4) is 0 Å². The van der Waals surface area contributed by atoms with E-state index in [0.29, 0.717) is 6.54 Å². The molecule has 2 amide bonds. The van der Waals surface area contributed by atoms with Crippen LogP contribution in [-0.4, -0.2) is 44.3 Å². The lowest BCUT2D eigenvalue weighted by molar-refractivity contribution is -0.139. The summed E-state index contributed by atoms with van der Waals surface area (Å²) in [5.74, 6) is -0.886. The van der Waals surface area contributed by atoms with Crippen molar-refractivity contribution >= 4 is 50.7 Å². The summed E-state index contributed by atoms with van der Waals surface area (Å²) in [5.41, 5.74) is 0.864. The van der Waals surface area contributed by atoms with Gasteiger partial charge in [0.15, 0.2) is 0 Å². The first-order valence-electron chi connectivity index (χ1n) is 12.3. The summed E-state index contributed by atoms with van der Waals surface area (Å²) < 4.78 is 28.5. The van der Waals surface area contributed by atoms with Gasteiger partial charge in [-0.1, -0.05) is 91.1 Å². The van der Waals surface area contributed by atoms with Crippen molar-refractivity contribution in [2.75, 3.05) is 17.4 Å². The molecule has 0 saturated heterocycles. The van der Waals surface area contributed by atoms with Gasteiger partial charge in [0.2, 0.25) is 11.8 Å². The fourth-order valence-electron chi connectivity index (χ4n) is 3.82. The highest BCUT2D eigenvalue weighted by molar-refractivity contribution is 7.92. The summed E-state index contributed by atoms with van der Waals surface area (Å²) in [6, 6.07) is 20.7. The Morgan fingerprint density at radius 1 is 0.921 bits per heavy atom. The van der Waals surface area contributed by atoms with E-state index >= 15 is 0 Å². The van der Waals surface area contributed by atoms with Gasteiger partial charge < -0.3 is 10.2 Å². The molecule has 0 aliphatic heterocycles. The van der Waals surface area contributed by atoms with Crippen molar-refractivity contribution in [2.45, 2.75) is 44.2 Å². The van der Waals surface area contributed by atoms with Crippen molar-refractivity contribution in [3.05, 3.63) is 94.5 Å². The van der Waals surface area contributed by atoms with Gasteiger partial charge in [-0.25, -0.2) is 8.42 Å². The predicted octanol–water partition coefficient (Wildman–Crippen LogP) is 5.52. The minimum absolute atomic E-state index is 0.00133. The van der Waals surface area contributed by atoms with Crippen LogP contribution in [0, 0.1) is 0 Å². The molecule has 202 valence electrons. The maximum Gasteiger partial charge on any atom is 0.264 e. The number of anilines is 1. The van der Waals surface area contributed by atoms with Gasteiger partial charge in [-0.05, 0) is 43.2 Å². The molecule has 0 aliphatic rings. The third-order valence-electron chi connectivity index (χ3n) is 6.00. The molecule has 0 fully saturated rings. The van der Waals surface area contributed by atoms with Crippen molar-refractivity contribution in [1.82, 2.24) is 10.2 Å². The maximum absolute atomic E-state index is 13.8. The Kier molecular flexibility index (Phi) is 10.6. The maximum atomic E-state index is 13.8. The van der Waals surface area contributed by atoms with E-state index in [0.717, 1.165) is 22.7 Å². The molecular weight excluding hydrogens is 545 g/mol. The van der Waals surface area contributed by atoms with Crippen molar-refractivity contribution < 1.29 is 18.0 Å². The zero-order chi connectivity index (χ0) is 27.7. The van der Waals surface area contributed by atoms with Crippen LogP contribution in [0.5, 0.6) is 0 Å². The molecular formula is C28H31Cl2N3O4S. The lowest BCUT2D eigenvalue weighted by Crippen LogP contribution is -2.51. The Hall–Kier alpha value is -3.07. The van der Waals surface area contributed by atoms with Crippen LogP contribution in [-0.2, 0) is 26.2 Å². The Morgan fingerprint density at radius 3 is 2.18 bits per heavy atom. The standard InChI is InChI=1S/C28H31Cl2N3O4S/c1-3-4-18-31-28(35)21(2)32(19-22-12-7-5-8-13-22)26(34)20-33(25-17-11-16-24(29)27(25)30)38(36,37)23-14-9-6-10-15-23/h5-17,21H,3-4,18-20H2,1-2H3,(H,31,35). The number of nitrogens with one attached hydrogen (secondary N) is 1. The summed E-state index contributed by atoms with van der Waals surface area (Å²) in [6.07, 6.45) is 1.72. The largest absolute Gasteiger partial charge is 0.354 e. The molecule has 7 nitrogen and oxygen atoms in total. The number of unbranched alkanes of at least 4 members (excludes halogenated alkanes) is 1. The van der Waals surface area contributed by atoms with E-state index < -0.39 is 28.5 Å². The summed E-state index contributed by atoms with van der Waals surface area (Å²) in [5, 5.41) is 3.01. The van der Waals surface area contributed by atoms with E-state index in [1.807, 2.05) is 37.3 Å². The van der Waals surface area contributed by atoms with Gasteiger partial charge >= 0.3 is 0 Å². The smallest absolute Gasteiger partial charge is 0.264 e. The Labute approximate surface area is 234 Å². The Bertz CT molecular complexity index is 1340. The Balaban J connectivity index is 2.01.